The first-order chi connectivity index (χ1) is 12.1. The molecular formula is C18H19BrN2O4. The molecule has 2 heterocycles. The molecule has 0 spiro atoms. The summed E-state index contributed by atoms with van der Waals surface area (Å²) in [6.45, 7) is 1.16. The van der Waals surface area contributed by atoms with Crippen molar-refractivity contribution >= 4 is 21.8 Å². The Labute approximate surface area is 154 Å². The van der Waals surface area contributed by atoms with Gasteiger partial charge in [-0.3, -0.25) is 4.79 Å². The second-order valence-electron chi connectivity index (χ2n) is 5.70. The number of aromatic nitrogens is 1. The quantitative estimate of drug-likeness (QED) is 0.762. The van der Waals surface area contributed by atoms with Crippen LogP contribution in [0.2, 0.25) is 0 Å². The summed E-state index contributed by atoms with van der Waals surface area (Å²) < 4.78 is 17.2. The molecule has 1 aliphatic heterocycles. The fraction of sp³-hybridized carbons (Fsp3) is 0.333. The van der Waals surface area contributed by atoms with Crippen LogP contribution < -0.4 is 14.2 Å². The number of pyridine rings is 1. The van der Waals surface area contributed by atoms with Gasteiger partial charge in [0.15, 0.2) is 0 Å². The summed E-state index contributed by atoms with van der Waals surface area (Å²) in [6.07, 6.45) is 2.39. The summed E-state index contributed by atoms with van der Waals surface area (Å²) in [5.41, 5.74) is 0.540. The standard InChI is InChI=1S/C18H19BrN2O4/c1-23-15-7-12(8-16(9-15)24-2)18(22)21-6-5-14(11-21)25-17-4-3-13(19)10-20-17/h3-4,7-10,14H,5-6,11H2,1-2H3. The first-order valence-electron chi connectivity index (χ1n) is 7.89. The number of carbonyl (C=O) groups excluding carboxylic acids is 1. The second kappa shape index (κ2) is 7.74. The topological polar surface area (TPSA) is 60.9 Å². The van der Waals surface area contributed by atoms with Crippen molar-refractivity contribution in [2.75, 3.05) is 27.3 Å². The Morgan fingerprint density at radius 3 is 2.52 bits per heavy atom. The van der Waals surface area contributed by atoms with E-state index in [0.717, 1.165) is 10.9 Å². The highest BCUT2D eigenvalue weighted by Gasteiger charge is 2.29. The van der Waals surface area contributed by atoms with Gasteiger partial charge in [-0.15, -0.1) is 0 Å². The number of carbonyl (C=O) groups is 1. The Kier molecular flexibility index (Phi) is 5.43. The normalized spacial score (nSPS) is 16.6. The van der Waals surface area contributed by atoms with Gasteiger partial charge >= 0.3 is 0 Å². The maximum atomic E-state index is 12.8. The van der Waals surface area contributed by atoms with Crippen LogP contribution in [0, 0.1) is 0 Å². The average molecular weight is 407 g/mol. The van der Waals surface area contributed by atoms with E-state index in [1.54, 1.807) is 43.5 Å². The number of hydrogen-bond donors (Lipinski definition) is 0. The van der Waals surface area contributed by atoms with Gasteiger partial charge in [-0.2, -0.15) is 0 Å². The lowest BCUT2D eigenvalue weighted by atomic mass is 10.1. The first kappa shape index (κ1) is 17.5. The third kappa shape index (κ3) is 4.22. The van der Waals surface area contributed by atoms with Gasteiger partial charge in [-0.25, -0.2) is 4.98 Å². The summed E-state index contributed by atoms with van der Waals surface area (Å²) in [6, 6.07) is 8.86. The highest BCUT2D eigenvalue weighted by Crippen LogP contribution is 2.25. The number of rotatable bonds is 5. The SMILES string of the molecule is COc1cc(OC)cc(C(=O)N2CCC(Oc3ccc(Br)cn3)C2)c1. The monoisotopic (exact) mass is 406 g/mol. The van der Waals surface area contributed by atoms with Crippen molar-refractivity contribution in [2.24, 2.45) is 0 Å². The van der Waals surface area contributed by atoms with E-state index in [1.165, 1.54) is 0 Å². The summed E-state index contributed by atoms with van der Waals surface area (Å²) in [4.78, 5) is 18.7. The number of methoxy groups -OCH3 is 2. The first-order valence-corrected chi connectivity index (χ1v) is 8.69. The van der Waals surface area contributed by atoms with Crippen LogP contribution in [0.4, 0.5) is 0 Å². The Morgan fingerprint density at radius 2 is 1.92 bits per heavy atom. The molecule has 1 aliphatic rings. The average Bonchev–Trinajstić information content (AvgIpc) is 3.11. The second-order valence-corrected chi connectivity index (χ2v) is 6.61. The highest BCUT2D eigenvalue weighted by atomic mass is 79.9. The molecule has 0 N–H and O–H groups in total. The zero-order valence-corrected chi connectivity index (χ0v) is 15.7. The van der Waals surface area contributed by atoms with Gasteiger partial charge in [0.25, 0.3) is 5.91 Å². The van der Waals surface area contributed by atoms with Crippen LogP contribution in [0.1, 0.15) is 16.8 Å². The van der Waals surface area contributed by atoms with E-state index in [0.29, 0.717) is 36.0 Å². The van der Waals surface area contributed by atoms with Gasteiger partial charge in [0.2, 0.25) is 5.88 Å². The zero-order valence-electron chi connectivity index (χ0n) is 14.1. The van der Waals surface area contributed by atoms with E-state index >= 15 is 0 Å². The Bertz CT molecular complexity index is 729. The molecule has 1 aromatic carbocycles. The van der Waals surface area contributed by atoms with Crippen LogP contribution in [-0.4, -0.2) is 49.2 Å². The Balaban J connectivity index is 1.67. The largest absolute Gasteiger partial charge is 0.497 e. The molecule has 2 aromatic rings. The third-order valence-corrected chi connectivity index (χ3v) is 4.49. The van der Waals surface area contributed by atoms with E-state index in [-0.39, 0.29) is 12.0 Å². The third-order valence-electron chi connectivity index (χ3n) is 4.02. The maximum absolute atomic E-state index is 12.8. The predicted octanol–water partition coefficient (Wildman–Crippen LogP) is 3.15. The van der Waals surface area contributed by atoms with Gasteiger partial charge < -0.3 is 19.1 Å². The lowest BCUT2D eigenvalue weighted by Crippen LogP contribution is -2.31. The number of likely N-dealkylation sites (tertiary alicyclic amines) is 1. The van der Waals surface area contributed by atoms with E-state index < -0.39 is 0 Å². The molecule has 1 atom stereocenters. The molecule has 25 heavy (non-hydrogen) atoms. The minimum absolute atomic E-state index is 0.0629. The van der Waals surface area contributed by atoms with Crippen LogP contribution in [-0.2, 0) is 0 Å². The number of nitrogens with zero attached hydrogens (tertiary/aromatic N) is 2. The Morgan fingerprint density at radius 1 is 1.20 bits per heavy atom. The van der Waals surface area contributed by atoms with E-state index in [9.17, 15) is 4.79 Å². The number of halogens is 1. The zero-order chi connectivity index (χ0) is 17.8. The van der Waals surface area contributed by atoms with Crippen molar-refractivity contribution in [1.82, 2.24) is 9.88 Å². The molecule has 1 aromatic heterocycles. The smallest absolute Gasteiger partial charge is 0.254 e. The van der Waals surface area contributed by atoms with E-state index in [1.807, 2.05) is 12.1 Å². The lowest BCUT2D eigenvalue weighted by molar-refractivity contribution is 0.0770. The maximum Gasteiger partial charge on any atom is 0.254 e. The molecule has 0 aliphatic carbocycles. The van der Waals surface area contributed by atoms with E-state index in [4.69, 9.17) is 14.2 Å². The fourth-order valence-electron chi connectivity index (χ4n) is 2.73. The van der Waals surface area contributed by atoms with Crippen molar-refractivity contribution in [3.8, 4) is 17.4 Å². The molecule has 3 rings (SSSR count). The molecule has 132 valence electrons. The summed E-state index contributed by atoms with van der Waals surface area (Å²) >= 11 is 3.34. The summed E-state index contributed by atoms with van der Waals surface area (Å²) in [5, 5.41) is 0. The van der Waals surface area contributed by atoms with Crippen molar-refractivity contribution in [2.45, 2.75) is 12.5 Å². The molecule has 1 unspecified atom stereocenters. The molecule has 0 saturated carbocycles. The molecule has 0 radical (unpaired) electrons. The number of hydrogen-bond acceptors (Lipinski definition) is 5. The van der Waals surface area contributed by atoms with Crippen molar-refractivity contribution in [1.29, 1.82) is 0 Å². The molecule has 6 nitrogen and oxygen atoms in total. The molecule has 1 saturated heterocycles. The van der Waals surface area contributed by atoms with Crippen molar-refractivity contribution in [3.63, 3.8) is 0 Å². The molecule has 1 fully saturated rings. The lowest BCUT2D eigenvalue weighted by Gasteiger charge is -2.18. The van der Waals surface area contributed by atoms with Gasteiger partial charge in [0, 0.05) is 41.3 Å². The van der Waals surface area contributed by atoms with Crippen LogP contribution in [0.3, 0.4) is 0 Å². The molecular weight excluding hydrogens is 388 g/mol. The van der Waals surface area contributed by atoms with Crippen molar-refractivity contribution < 1.29 is 19.0 Å². The summed E-state index contributed by atoms with van der Waals surface area (Å²) in [7, 11) is 3.13. The molecule has 0 bridgehead atoms. The minimum atomic E-state index is -0.0647. The predicted molar refractivity (Wildman–Crippen MR) is 96.4 cm³/mol. The van der Waals surface area contributed by atoms with Crippen molar-refractivity contribution in [3.05, 3.63) is 46.6 Å². The van der Waals surface area contributed by atoms with Crippen LogP contribution in [0.25, 0.3) is 0 Å². The van der Waals surface area contributed by atoms with Gasteiger partial charge in [-0.1, -0.05) is 0 Å². The molecule has 1 amide bonds. The minimum Gasteiger partial charge on any atom is -0.497 e. The van der Waals surface area contributed by atoms with Crippen LogP contribution in [0.15, 0.2) is 41.0 Å². The van der Waals surface area contributed by atoms with Crippen LogP contribution >= 0.6 is 15.9 Å². The van der Waals surface area contributed by atoms with Gasteiger partial charge in [0.1, 0.15) is 17.6 Å². The fourth-order valence-corrected chi connectivity index (χ4v) is 2.96. The number of ether oxygens (including phenoxy) is 3. The van der Waals surface area contributed by atoms with Gasteiger partial charge in [0.05, 0.1) is 20.8 Å². The number of benzene rings is 1. The van der Waals surface area contributed by atoms with E-state index in [2.05, 4.69) is 20.9 Å². The number of amides is 1. The Hall–Kier alpha value is -2.28. The van der Waals surface area contributed by atoms with Gasteiger partial charge in [-0.05, 0) is 34.1 Å². The molecule has 7 heteroatoms. The highest BCUT2D eigenvalue weighted by molar-refractivity contribution is 9.10. The summed E-state index contributed by atoms with van der Waals surface area (Å²) in [5.74, 6) is 1.68. The van der Waals surface area contributed by atoms with Crippen LogP contribution in [0.5, 0.6) is 17.4 Å².